The van der Waals surface area contributed by atoms with E-state index >= 15 is 0 Å². The van der Waals surface area contributed by atoms with Crippen molar-refractivity contribution in [3.8, 4) is 5.75 Å². The quantitative estimate of drug-likeness (QED) is 0.125. The van der Waals surface area contributed by atoms with E-state index in [4.69, 9.17) is 4.18 Å². The molecule has 266 valence electrons. The van der Waals surface area contributed by atoms with Crippen LogP contribution in [0.3, 0.4) is 0 Å². The van der Waals surface area contributed by atoms with Gasteiger partial charge in [0.05, 0.1) is 4.90 Å². The minimum absolute atomic E-state index is 0.0142. The normalized spacial score (nSPS) is 14.5. The molecule has 11 nitrogen and oxygen atoms in total. The van der Waals surface area contributed by atoms with Crippen LogP contribution in [0.1, 0.15) is 5.56 Å². The summed E-state index contributed by atoms with van der Waals surface area (Å²) in [7, 11) is -6.93. The molecular formula is C38H34IN5O6S2. The Balaban J connectivity index is 1.15. The van der Waals surface area contributed by atoms with Gasteiger partial charge in [-0.2, -0.15) is 12.7 Å². The van der Waals surface area contributed by atoms with Crippen LogP contribution in [-0.2, 0) is 31.4 Å². The third-order valence-corrected chi connectivity index (χ3v) is 13.2. The minimum Gasteiger partial charge on any atom is -0.379 e. The summed E-state index contributed by atoms with van der Waals surface area (Å²) >= 11 is 2.26. The van der Waals surface area contributed by atoms with Crippen LogP contribution < -0.4 is 9.08 Å². The monoisotopic (exact) mass is 847 g/mol. The fourth-order valence-electron chi connectivity index (χ4n) is 6.45. The second-order valence-corrected chi connectivity index (χ2v) is 17.1. The van der Waals surface area contributed by atoms with Gasteiger partial charge in [0.1, 0.15) is 16.7 Å². The third-order valence-electron chi connectivity index (χ3n) is 9.27. The first kappa shape index (κ1) is 35.7. The number of aromatic nitrogens is 2. The van der Waals surface area contributed by atoms with Crippen molar-refractivity contribution in [3.63, 3.8) is 0 Å². The molecule has 1 fully saturated rings. The zero-order valence-electron chi connectivity index (χ0n) is 28.0. The number of carbonyl (C=O) groups is 1. The van der Waals surface area contributed by atoms with E-state index in [9.17, 15) is 21.6 Å². The number of likely N-dealkylation sites (N-methyl/N-ethyl adjacent to an activating group) is 1. The number of halogens is 1. The number of amides is 1. The molecule has 0 spiro atoms. The van der Waals surface area contributed by atoms with Gasteiger partial charge in [-0.05, 0) is 95.2 Å². The number of sulfonamides is 1. The molecule has 0 aliphatic carbocycles. The molecule has 0 bridgehead atoms. The van der Waals surface area contributed by atoms with E-state index < -0.39 is 26.2 Å². The number of piperazine rings is 1. The summed E-state index contributed by atoms with van der Waals surface area (Å²) in [6.45, 7) is 2.03. The van der Waals surface area contributed by atoms with Crippen molar-refractivity contribution < 1.29 is 25.8 Å². The molecule has 0 saturated carbocycles. The average molecular weight is 848 g/mol. The fraction of sp³-hybridized carbons (Fsp3) is 0.184. The Labute approximate surface area is 316 Å². The maximum absolute atomic E-state index is 14.4. The van der Waals surface area contributed by atoms with E-state index in [0.717, 1.165) is 13.6 Å². The van der Waals surface area contributed by atoms with Gasteiger partial charge >= 0.3 is 10.1 Å². The van der Waals surface area contributed by atoms with Crippen LogP contribution in [0, 0.1) is 3.57 Å². The number of carbonyl (C=O) groups excluding carboxylic acids is 1. The number of nitrogens with zero attached hydrogens (tertiary/aromatic N) is 5. The molecule has 52 heavy (non-hydrogen) atoms. The molecule has 1 aliphatic heterocycles. The van der Waals surface area contributed by atoms with Gasteiger partial charge in [-0.3, -0.25) is 14.8 Å². The van der Waals surface area contributed by atoms with Crippen molar-refractivity contribution in [2.75, 3.05) is 38.1 Å². The molecule has 14 heteroatoms. The van der Waals surface area contributed by atoms with Crippen LogP contribution >= 0.6 is 22.6 Å². The summed E-state index contributed by atoms with van der Waals surface area (Å²) in [4.78, 5) is 26.6. The standard InChI is InChI=1S/C38H34IN5O6S2/c1-42(51(46,47)36-6-2-4-28-25-40-18-16-33(28)36)35(38(45)44-22-20-43(21-23-44)31-12-10-30(39)11-13-31)24-27-8-14-32(15-9-27)50-52(48,49)37-7-3-5-29-26-41-19-17-34(29)37/h2-19,25-26,35H,20-24H2,1H3/t35-/m0/s1. The molecule has 0 unspecified atom stereocenters. The molecular weight excluding hydrogens is 813 g/mol. The van der Waals surface area contributed by atoms with Crippen molar-refractivity contribution in [3.05, 3.63) is 131 Å². The number of hydrogen-bond donors (Lipinski definition) is 0. The number of pyridine rings is 2. The Hall–Kier alpha value is -4.64. The molecule has 1 amide bonds. The van der Waals surface area contributed by atoms with E-state index in [2.05, 4.69) is 49.6 Å². The van der Waals surface area contributed by atoms with Crippen LogP contribution in [0.25, 0.3) is 21.5 Å². The van der Waals surface area contributed by atoms with Crippen molar-refractivity contribution >= 4 is 75.9 Å². The summed E-state index contributed by atoms with van der Waals surface area (Å²) in [6.07, 6.45) is 6.29. The summed E-state index contributed by atoms with van der Waals surface area (Å²) < 4.78 is 63.1. The number of fused-ring (bicyclic) bond motifs is 2. The lowest BCUT2D eigenvalue weighted by Crippen LogP contribution is -2.56. The van der Waals surface area contributed by atoms with Crippen molar-refractivity contribution in [1.29, 1.82) is 0 Å². The highest BCUT2D eigenvalue weighted by Crippen LogP contribution is 2.29. The van der Waals surface area contributed by atoms with Gasteiger partial charge in [0, 0.05) is 88.8 Å². The SMILES string of the molecule is CN([C@@H](Cc1ccc(OS(=O)(=O)c2cccc3cnccc23)cc1)C(=O)N1CCN(c2ccc(I)cc2)CC1)S(=O)(=O)c1cccc2cnccc12. The van der Waals surface area contributed by atoms with E-state index in [-0.39, 0.29) is 27.9 Å². The number of rotatable bonds is 10. The number of hydrogen-bond acceptors (Lipinski definition) is 9. The molecule has 0 radical (unpaired) electrons. The zero-order chi connectivity index (χ0) is 36.5. The molecule has 4 aromatic carbocycles. The van der Waals surface area contributed by atoms with Crippen LogP contribution in [0.4, 0.5) is 5.69 Å². The molecule has 3 heterocycles. The van der Waals surface area contributed by atoms with Crippen molar-refractivity contribution in [1.82, 2.24) is 19.2 Å². The first-order chi connectivity index (χ1) is 25.0. The highest BCUT2D eigenvalue weighted by molar-refractivity contribution is 14.1. The molecule has 2 aromatic heterocycles. The minimum atomic E-state index is -4.20. The van der Waals surface area contributed by atoms with Gasteiger partial charge < -0.3 is 14.0 Å². The lowest BCUT2D eigenvalue weighted by molar-refractivity contribution is -0.135. The Morgan fingerprint density at radius 3 is 1.96 bits per heavy atom. The average Bonchev–Trinajstić information content (AvgIpc) is 3.17. The van der Waals surface area contributed by atoms with Gasteiger partial charge in [-0.1, -0.05) is 36.4 Å². The predicted octanol–water partition coefficient (Wildman–Crippen LogP) is 5.74. The maximum Gasteiger partial charge on any atom is 0.339 e. The second kappa shape index (κ2) is 14.8. The zero-order valence-corrected chi connectivity index (χ0v) is 31.8. The smallest absolute Gasteiger partial charge is 0.339 e. The maximum atomic E-state index is 14.4. The lowest BCUT2D eigenvalue weighted by Gasteiger charge is -2.39. The van der Waals surface area contributed by atoms with Gasteiger partial charge in [0.15, 0.2) is 0 Å². The Bertz CT molecular complexity index is 2460. The van der Waals surface area contributed by atoms with E-state index in [1.54, 1.807) is 72.0 Å². The van der Waals surface area contributed by atoms with E-state index in [1.807, 2.05) is 12.1 Å². The van der Waals surface area contributed by atoms with Crippen LogP contribution in [-0.4, -0.2) is 81.2 Å². The molecule has 7 rings (SSSR count). The molecule has 1 atom stereocenters. The van der Waals surface area contributed by atoms with Crippen LogP contribution in [0.15, 0.2) is 132 Å². The summed E-state index contributed by atoms with van der Waals surface area (Å²) in [6, 6.07) is 26.5. The Morgan fingerprint density at radius 2 is 1.35 bits per heavy atom. The number of benzene rings is 4. The first-order valence-corrected chi connectivity index (χ1v) is 20.4. The number of anilines is 1. The molecule has 6 aromatic rings. The van der Waals surface area contributed by atoms with E-state index in [1.165, 1.54) is 37.5 Å². The van der Waals surface area contributed by atoms with Crippen LogP contribution in [0.2, 0.25) is 0 Å². The van der Waals surface area contributed by atoms with Gasteiger partial charge in [-0.15, -0.1) is 0 Å². The van der Waals surface area contributed by atoms with E-state index in [0.29, 0.717) is 53.3 Å². The third kappa shape index (κ3) is 7.33. The van der Waals surface area contributed by atoms with Gasteiger partial charge in [0.2, 0.25) is 15.9 Å². The van der Waals surface area contributed by atoms with Gasteiger partial charge in [-0.25, -0.2) is 8.42 Å². The predicted molar refractivity (Wildman–Crippen MR) is 208 cm³/mol. The van der Waals surface area contributed by atoms with Crippen LogP contribution in [0.5, 0.6) is 5.75 Å². The van der Waals surface area contributed by atoms with Crippen molar-refractivity contribution in [2.24, 2.45) is 0 Å². The fourth-order valence-corrected chi connectivity index (χ4v) is 9.48. The second-order valence-electron chi connectivity index (χ2n) is 12.4. The topological polar surface area (TPSA) is 130 Å². The molecule has 1 aliphatic rings. The summed E-state index contributed by atoms with van der Waals surface area (Å²) in [5, 5.41) is 2.32. The Morgan fingerprint density at radius 1 is 0.769 bits per heavy atom. The van der Waals surface area contributed by atoms with Crippen molar-refractivity contribution in [2.45, 2.75) is 22.3 Å². The summed E-state index contributed by atoms with van der Waals surface area (Å²) in [5.74, 6) is -0.238. The molecule has 0 N–H and O–H groups in total. The largest absolute Gasteiger partial charge is 0.379 e. The first-order valence-electron chi connectivity index (χ1n) is 16.5. The highest BCUT2D eigenvalue weighted by atomic mass is 127. The Kier molecular flexibility index (Phi) is 10.2. The summed E-state index contributed by atoms with van der Waals surface area (Å²) in [5.41, 5.74) is 1.69. The van der Waals surface area contributed by atoms with Gasteiger partial charge in [0.25, 0.3) is 0 Å². The molecule has 1 saturated heterocycles. The highest BCUT2D eigenvalue weighted by Gasteiger charge is 2.37. The lowest BCUT2D eigenvalue weighted by atomic mass is 10.0.